The molecule has 2 aromatic heterocycles. The zero-order valence-electron chi connectivity index (χ0n) is 22.0. The largest absolute Gasteiger partial charge is 0.334 e. The Morgan fingerprint density at radius 2 is 1.79 bits per heavy atom. The summed E-state index contributed by atoms with van der Waals surface area (Å²) in [5.41, 5.74) is 1.95. The van der Waals surface area contributed by atoms with Gasteiger partial charge in [-0.2, -0.15) is 0 Å². The van der Waals surface area contributed by atoms with Crippen LogP contribution in [0.4, 0.5) is 4.39 Å². The van der Waals surface area contributed by atoms with Gasteiger partial charge in [0.25, 0.3) is 5.56 Å². The number of aromatic nitrogens is 3. The minimum absolute atomic E-state index is 0.131. The molecule has 7 heteroatoms. The second kappa shape index (κ2) is 10.5. The van der Waals surface area contributed by atoms with Gasteiger partial charge in [0.15, 0.2) is 0 Å². The number of likely N-dealkylation sites (N-methyl/N-ethyl adjacent to an activating group) is 1. The van der Waals surface area contributed by atoms with Crippen LogP contribution in [0.5, 0.6) is 0 Å². The fourth-order valence-electron chi connectivity index (χ4n) is 4.98. The summed E-state index contributed by atoms with van der Waals surface area (Å²) in [5.74, 6) is 2.66. The number of terminal acetylenes is 1. The molecule has 0 aliphatic heterocycles. The molecule has 39 heavy (non-hydrogen) atoms. The molecule has 0 bridgehead atoms. The van der Waals surface area contributed by atoms with E-state index in [0.717, 1.165) is 16.5 Å². The summed E-state index contributed by atoms with van der Waals surface area (Å²) in [5, 5.41) is 1.27. The molecule has 2 heterocycles. The maximum Gasteiger partial charge on any atom is 0.251 e. The quantitative estimate of drug-likeness (QED) is 0.244. The number of nitrogens with zero attached hydrogens (tertiary/aromatic N) is 4. The number of pyridine rings is 1. The van der Waals surface area contributed by atoms with Crippen LogP contribution in [-0.4, -0.2) is 39.7 Å². The van der Waals surface area contributed by atoms with Crippen molar-refractivity contribution in [3.05, 3.63) is 123 Å². The highest BCUT2D eigenvalue weighted by atomic mass is 35.5. The van der Waals surface area contributed by atoms with Crippen LogP contribution in [0.1, 0.15) is 22.4 Å². The van der Waals surface area contributed by atoms with Gasteiger partial charge in [0, 0.05) is 47.7 Å². The van der Waals surface area contributed by atoms with Crippen LogP contribution < -0.4 is 5.56 Å². The number of rotatable bonds is 7. The zero-order chi connectivity index (χ0) is 27.7. The molecule has 0 unspecified atom stereocenters. The van der Waals surface area contributed by atoms with Crippen molar-refractivity contribution in [1.82, 2.24) is 19.0 Å². The number of hydrogen-bond donors (Lipinski definition) is 0. The van der Waals surface area contributed by atoms with Gasteiger partial charge in [-0.25, -0.2) is 9.37 Å². The predicted octanol–water partition coefficient (Wildman–Crippen LogP) is 5.86. The fourth-order valence-corrected chi connectivity index (χ4v) is 5.10. The van der Waals surface area contributed by atoms with Gasteiger partial charge >= 0.3 is 0 Å². The summed E-state index contributed by atoms with van der Waals surface area (Å²) in [4.78, 5) is 19.6. The van der Waals surface area contributed by atoms with Crippen molar-refractivity contribution in [3.63, 3.8) is 0 Å². The van der Waals surface area contributed by atoms with Crippen molar-refractivity contribution in [2.45, 2.75) is 12.2 Å². The van der Waals surface area contributed by atoms with Crippen LogP contribution >= 0.6 is 11.6 Å². The van der Waals surface area contributed by atoms with Crippen molar-refractivity contribution >= 4 is 22.5 Å². The van der Waals surface area contributed by atoms with E-state index in [0.29, 0.717) is 46.1 Å². The SMILES string of the molecule is C#Cc1cccc(-c2cc(=O)n(CCN(C)C)c3ccc([C@](F)(c4ccc(Cl)cc4)c4cncn4C)cc23)c1. The highest BCUT2D eigenvalue weighted by molar-refractivity contribution is 6.30. The normalized spacial score (nSPS) is 12.9. The second-order valence-electron chi connectivity index (χ2n) is 9.86. The van der Waals surface area contributed by atoms with Crippen LogP contribution in [0, 0.1) is 12.3 Å². The molecule has 3 aromatic carbocycles. The third kappa shape index (κ3) is 4.87. The number of alkyl halides is 1. The van der Waals surface area contributed by atoms with Crippen molar-refractivity contribution in [3.8, 4) is 23.5 Å². The molecule has 0 aliphatic carbocycles. The van der Waals surface area contributed by atoms with Crippen molar-refractivity contribution in [2.24, 2.45) is 7.05 Å². The van der Waals surface area contributed by atoms with E-state index < -0.39 is 5.67 Å². The average molecular weight is 539 g/mol. The maximum atomic E-state index is 17.6. The summed E-state index contributed by atoms with van der Waals surface area (Å²) in [7, 11) is 5.69. The number of benzene rings is 3. The number of hydrogen-bond acceptors (Lipinski definition) is 3. The predicted molar refractivity (Wildman–Crippen MR) is 156 cm³/mol. The topological polar surface area (TPSA) is 43.1 Å². The van der Waals surface area contributed by atoms with Crippen molar-refractivity contribution < 1.29 is 4.39 Å². The van der Waals surface area contributed by atoms with Gasteiger partial charge in [0.1, 0.15) is 0 Å². The minimum atomic E-state index is -2.04. The zero-order valence-corrected chi connectivity index (χ0v) is 22.8. The summed E-state index contributed by atoms with van der Waals surface area (Å²) >= 11 is 6.15. The van der Waals surface area contributed by atoms with E-state index in [1.807, 2.05) is 55.4 Å². The Balaban J connectivity index is 1.83. The highest BCUT2D eigenvalue weighted by Crippen LogP contribution is 2.42. The lowest BCUT2D eigenvalue weighted by atomic mass is 9.84. The summed E-state index contributed by atoms with van der Waals surface area (Å²) in [6.45, 7) is 1.17. The summed E-state index contributed by atoms with van der Waals surface area (Å²) in [6, 6.07) is 21.2. The fraction of sp³-hybridized carbons (Fsp3) is 0.188. The molecule has 0 N–H and O–H groups in total. The molecule has 0 amide bonds. The van der Waals surface area contributed by atoms with Gasteiger partial charge < -0.3 is 14.0 Å². The summed E-state index contributed by atoms with van der Waals surface area (Å²) in [6.07, 6.45) is 8.78. The van der Waals surface area contributed by atoms with E-state index in [-0.39, 0.29) is 5.56 Å². The molecule has 0 aliphatic rings. The van der Waals surface area contributed by atoms with Gasteiger partial charge in [0.2, 0.25) is 5.67 Å². The van der Waals surface area contributed by atoms with Gasteiger partial charge in [-0.1, -0.05) is 47.9 Å². The first-order chi connectivity index (χ1) is 18.7. The van der Waals surface area contributed by atoms with Gasteiger partial charge in [-0.05, 0) is 67.2 Å². The Morgan fingerprint density at radius 3 is 2.46 bits per heavy atom. The molecule has 0 saturated heterocycles. The van der Waals surface area contributed by atoms with E-state index in [1.54, 1.807) is 58.9 Å². The standard InChI is InChI=1S/C32H28ClFN4O/c1-5-22-7-6-8-23(17-22)27-19-31(39)38(16-15-36(2)3)29-14-11-25(18-28(27)29)32(34,30-20-35-21-37(30)4)24-9-12-26(33)13-10-24/h1,6-14,17-21H,15-16H2,2-4H3/t32-/m1/s1. The van der Waals surface area contributed by atoms with E-state index in [2.05, 4.69) is 10.9 Å². The van der Waals surface area contributed by atoms with Gasteiger partial charge in [0.05, 0.1) is 23.7 Å². The molecule has 0 saturated carbocycles. The molecule has 5 rings (SSSR count). The number of aryl methyl sites for hydroxylation is 1. The van der Waals surface area contributed by atoms with Crippen LogP contribution in [0.25, 0.3) is 22.0 Å². The third-order valence-electron chi connectivity index (χ3n) is 7.03. The first-order valence-electron chi connectivity index (χ1n) is 12.5. The van der Waals surface area contributed by atoms with Gasteiger partial charge in [-0.15, -0.1) is 6.42 Å². The van der Waals surface area contributed by atoms with Crippen LogP contribution in [0.15, 0.2) is 90.1 Å². The Labute approximate surface area is 232 Å². The molecule has 0 radical (unpaired) electrons. The molecular formula is C32H28ClFN4O. The Hall–Kier alpha value is -4.18. The first kappa shape index (κ1) is 26.4. The number of fused-ring (bicyclic) bond motifs is 1. The van der Waals surface area contributed by atoms with E-state index in [9.17, 15) is 4.79 Å². The van der Waals surface area contributed by atoms with Crippen LogP contribution in [0.2, 0.25) is 5.02 Å². The molecule has 5 nitrogen and oxygen atoms in total. The molecule has 196 valence electrons. The van der Waals surface area contributed by atoms with E-state index in [1.165, 1.54) is 6.20 Å². The minimum Gasteiger partial charge on any atom is -0.334 e. The second-order valence-corrected chi connectivity index (χ2v) is 10.3. The lowest BCUT2D eigenvalue weighted by Crippen LogP contribution is -2.28. The Morgan fingerprint density at radius 1 is 1.05 bits per heavy atom. The molecular weight excluding hydrogens is 511 g/mol. The monoisotopic (exact) mass is 538 g/mol. The third-order valence-corrected chi connectivity index (χ3v) is 7.28. The number of imidazole rings is 1. The average Bonchev–Trinajstić information content (AvgIpc) is 3.38. The first-order valence-corrected chi connectivity index (χ1v) is 12.9. The molecule has 5 aromatic rings. The van der Waals surface area contributed by atoms with Gasteiger partial charge in [-0.3, -0.25) is 4.79 Å². The van der Waals surface area contributed by atoms with E-state index >= 15 is 4.39 Å². The lowest BCUT2D eigenvalue weighted by molar-refractivity contribution is 0.267. The maximum absolute atomic E-state index is 17.6. The Bertz CT molecular complexity index is 1760. The Kier molecular flexibility index (Phi) is 7.14. The smallest absolute Gasteiger partial charge is 0.251 e. The van der Waals surface area contributed by atoms with E-state index in [4.69, 9.17) is 18.0 Å². The van der Waals surface area contributed by atoms with Crippen LogP contribution in [-0.2, 0) is 19.3 Å². The summed E-state index contributed by atoms with van der Waals surface area (Å²) < 4.78 is 21.0. The molecule has 1 atom stereocenters. The van der Waals surface area contributed by atoms with Crippen molar-refractivity contribution in [2.75, 3.05) is 20.6 Å². The van der Waals surface area contributed by atoms with Crippen molar-refractivity contribution in [1.29, 1.82) is 0 Å². The highest BCUT2D eigenvalue weighted by Gasteiger charge is 2.39. The molecule has 0 fully saturated rings. The lowest BCUT2D eigenvalue weighted by Gasteiger charge is -2.28. The van der Waals surface area contributed by atoms with Crippen LogP contribution in [0.3, 0.4) is 0 Å². The number of halogens is 2. The molecule has 0 spiro atoms.